The molecular formula is C21H38O2. The van der Waals surface area contributed by atoms with E-state index in [0.29, 0.717) is 10.8 Å². The van der Waals surface area contributed by atoms with Crippen molar-refractivity contribution in [1.29, 1.82) is 0 Å². The maximum atomic E-state index is 5.06. The van der Waals surface area contributed by atoms with Crippen molar-refractivity contribution in [2.45, 2.75) is 80.4 Å². The van der Waals surface area contributed by atoms with Crippen molar-refractivity contribution in [2.24, 2.45) is 28.6 Å². The fourth-order valence-corrected chi connectivity index (χ4v) is 5.86. The van der Waals surface area contributed by atoms with Crippen LogP contribution in [0.15, 0.2) is 11.6 Å². The molecule has 0 aliphatic heterocycles. The molecule has 2 heteroatoms. The van der Waals surface area contributed by atoms with E-state index in [4.69, 9.17) is 9.47 Å². The molecule has 4 atom stereocenters. The molecule has 1 spiro atoms. The molecule has 0 aromatic heterocycles. The molecule has 3 rings (SSSR count). The van der Waals surface area contributed by atoms with Gasteiger partial charge in [-0.25, -0.2) is 0 Å². The summed E-state index contributed by atoms with van der Waals surface area (Å²) in [4.78, 5) is 0. The van der Waals surface area contributed by atoms with Gasteiger partial charge in [0.15, 0.2) is 6.29 Å². The summed E-state index contributed by atoms with van der Waals surface area (Å²) in [6.07, 6.45) is 8.38. The number of hydrogen-bond acceptors (Lipinski definition) is 2. The van der Waals surface area contributed by atoms with Crippen LogP contribution in [-0.2, 0) is 9.47 Å². The van der Waals surface area contributed by atoms with Crippen molar-refractivity contribution >= 4 is 0 Å². The van der Waals surface area contributed by atoms with Crippen LogP contribution < -0.4 is 0 Å². The van der Waals surface area contributed by atoms with Crippen molar-refractivity contribution in [3.63, 3.8) is 0 Å². The van der Waals surface area contributed by atoms with E-state index in [1.165, 1.54) is 25.7 Å². The molecule has 2 fully saturated rings. The monoisotopic (exact) mass is 322 g/mol. The number of allylic oxidation sites excluding steroid dienone is 2. The van der Waals surface area contributed by atoms with Crippen molar-refractivity contribution in [3.05, 3.63) is 11.6 Å². The zero-order chi connectivity index (χ0) is 17.3. The Morgan fingerprint density at radius 2 is 1.78 bits per heavy atom. The van der Waals surface area contributed by atoms with Crippen molar-refractivity contribution in [2.75, 3.05) is 13.2 Å². The van der Waals surface area contributed by atoms with E-state index >= 15 is 0 Å². The Morgan fingerprint density at radius 3 is 2.35 bits per heavy atom. The molecule has 0 amide bonds. The van der Waals surface area contributed by atoms with Gasteiger partial charge in [0.25, 0.3) is 0 Å². The Hall–Kier alpha value is -0.340. The van der Waals surface area contributed by atoms with Gasteiger partial charge >= 0.3 is 0 Å². The van der Waals surface area contributed by atoms with E-state index in [1.807, 2.05) is 20.8 Å². The lowest BCUT2D eigenvalue weighted by molar-refractivity contribution is -0.123. The molecule has 134 valence electrons. The van der Waals surface area contributed by atoms with Gasteiger partial charge in [0.05, 0.1) is 0 Å². The molecular weight excluding hydrogens is 284 g/mol. The SMILES string of the molecule is CC1=CCC23CC1C(C)(C)C2CCC3C.CCOC(C)OCC. The lowest BCUT2D eigenvalue weighted by Crippen LogP contribution is -2.30. The Labute approximate surface area is 144 Å². The van der Waals surface area contributed by atoms with Gasteiger partial charge in [0.1, 0.15) is 0 Å². The molecule has 2 nitrogen and oxygen atoms in total. The van der Waals surface area contributed by atoms with Crippen LogP contribution in [0.3, 0.4) is 0 Å². The van der Waals surface area contributed by atoms with Crippen molar-refractivity contribution in [1.82, 2.24) is 0 Å². The zero-order valence-corrected chi connectivity index (χ0v) is 16.4. The summed E-state index contributed by atoms with van der Waals surface area (Å²) in [6.45, 7) is 17.2. The third-order valence-corrected chi connectivity index (χ3v) is 7.10. The van der Waals surface area contributed by atoms with Gasteiger partial charge in [-0.2, -0.15) is 0 Å². The first kappa shape index (κ1) is 19.0. The average molecular weight is 323 g/mol. The Morgan fingerprint density at radius 1 is 1.17 bits per heavy atom. The van der Waals surface area contributed by atoms with Crippen LogP contribution >= 0.6 is 0 Å². The van der Waals surface area contributed by atoms with Gasteiger partial charge < -0.3 is 9.47 Å². The zero-order valence-electron chi connectivity index (χ0n) is 16.4. The molecule has 2 saturated carbocycles. The molecule has 3 aliphatic carbocycles. The molecule has 4 unspecified atom stereocenters. The van der Waals surface area contributed by atoms with Crippen molar-refractivity contribution in [3.8, 4) is 0 Å². The number of rotatable bonds is 4. The van der Waals surface area contributed by atoms with Gasteiger partial charge in [0.2, 0.25) is 0 Å². The first-order chi connectivity index (χ1) is 10.8. The Kier molecular flexibility index (Phi) is 6.00. The van der Waals surface area contributed by atoms with E-state index in [-0.39, 0.29) is 6.29 Å². The second-order valence-corrected chi connectivity index (χ2v) is 8.47. The summed E-state index contributed by atoms with van der Waals surface area (Å²) in [5, 5.41) is 0. The number of hydrogen-bond donors (Lipinski definition) is 0. The molecule has 3 aliphatic rings. The smallest absolute Gasteiger partial charge is 0.154 e. The lowest BCUT2D eigenvalue weighted by Gasteiger charge is -2.36. The normalized spacial score (nSPS) is 37.2. The molecule has 0 heterocycles. The standard InChI is InChI=1S/C15H24.C6H14O2/c1-10-7-8-15-9-12(10)14(3,4)13(15)6-5-11(15)2;1-4-7-6(3)8-5-2/h7,11-13H,5-6,8-9H2,1-4H3;6H,4-5H2,1-3H3. The van der Waals surface area contributed by atoms with Gasteiger partial charge in [-0.05, 0) is 82.0 Å². The van der Waals surface area contributed by atoms with Crippen molar-refractivity contribution < 1.29 is 9.47 Å². The van der Waals surface area contributed by atoms with Crippen LogP contribution in [0.5, 0.6) is 0 Å². The molecule has 0 saturated heterocycles. The predicted octanol–water partition coefficient (Wildman–Crippen LogP) is 5.82. The topological polar surface area (TPSA) is 18.5 Å². The fraction of sp³-hybridized carbons (Fsp3) is 0.905. The Bertz CT molecular complexity index is 420. The Balaban J connectivity index is 0.000000207. The lowest BCUT2D eigenvalue weighted by atomic mass is 9.68. The summed E-state index contributed by atoms with van der Waals surface area (Å²) in [5.41, 5.74) is 2.96. The first-order valence-corrected chi connectivity index (χ1v) is 9.69. The molecule has 23 heavy (non-hydrogen) atoms. The summed E-state index contributed by atoms with van der Waals surface area (Å²) >= 11 is 0. The quantitative estimate of drug-likeness (QED) is 0.479. The highest BCUT2D eigenvalue weighted by Crippen LogP contribution is 2.71. The molecule has 0 aromatic rings. The highest BCUT2D eigenvalue weighted by atomic mass is 16.7. The number of fused-ring (bicyclic) bond motifs is 1. The van der Waals surface area contributed by atoms with Gasteiger partial charge in [-0.15, -0.1) is 0 Å². The minimum atomic E-state index is -0.0370. The minimum absolute atomic E-state index is 0.0370. The average Bonchev–Trinajstić information content (AvgIpc) is 2.89. The van der Waals surface area contributed by atoms with Gasteiger partial charge in [0, 0.05) is 13.2 Å². The van der Waals surface area contributed by atoms with E-state index < -0.39 is 0 Å². The highest BCUT2D eigenvalue weighted by Gasteiger charge is 2.62. The maximum Gasteiger partial charge on any atom is 0.154 e. The predicted molar refractivity (Wildman–Crippen MR) is 97.3 cm³/mol. The third kappa shape index (κ3) is 3.39. The van der Waals surface area contributed by atoms with Gasteiger partial charge in [-0.3, -0.25) is 0 Å². The fourth-order valence-electron chi connectivity index (χ4n) is 5.86. The minimum Gasteiger partial charge on any atom is -0.353 e. The van der Waals surface area contributed by atoms with Crippen LogP contribution in [0.2, 0.25) is 0 Å². The molecule has 0 radical (unpaired) electrons. The maximum absolute atomic E-state index is 5.06. The molecule has 2 bridgehead atoms. The van der Waals surface area contributed by atoms with Crippen LogP contribution in [0.1, 0.15) is 74.1 Å². The van der Waals surface area contributed by atoms with E-state index in [9.17, 15) is 0 Å². The summed E-state index contributed by atoms with van der Waals surface area (Å²) in [5.74, 6) is 2.86. The molecule has 0 aromatic carbocycles. The molecule has 0 N–H and O–H groups in total. The second kappa shape index (κ2) is 7.27. The van der Waals surface area contributed by atoms with Crippen LogP contribution in [0.4, 0.5) is 0 Å². The highest BCUT2D eigenvalue weighted by molar-refractivity contribution is 5.25. The van der Waals surface area contributed by atoms with E-state index in [0.717, 1.165) is 31.0 Å². The number of ether oxygens (including phenoxy) is 2. The van der Waals surface area contributed by atoms with E-state index in [2.05, 4.69) is 33.8 Å². The largest absolute Gasteiger partial charge is 0.353 e. The van der Waals surface area contributed by atoms with Crippen LogP contribution in [0, 0.1) is 28.6 Å². The second-order valence-electron chi connectivity index (χ2n) is 8.47. The van der Waals surface area contributed by atoms with Crippen LogP contribution in [0.25, 0.3) is 0 Å². The summed E-state index contributed by atoms with van der Waals surface area (Å²) in [6, 6.07) is 0. The van der Waals surface area contributed by atoms with Crippen LogP contribution in [-0.4, -0.2) is 19.5 Å². The first-order valence-electron chi connectivity index (χ1n) is 9.69. The van der Waals surface area contributed by atoms with E-state index in [1.54, 1.807) is 5.57 Å². The third-order valence-electron chi connectivity index (χ3n) is 7.10. The van der Waals surface area contributed by atoms with Gasteiger partial charge in [-0.1, -0.05) is 32.4 Å². The summed E-state index contributed by atoms with van der Waals surface area (Å²) < 4.78 is 10.1. The summed E-state index contributed by atoms with van der Waals surface area (Å²) in [7, 11) is 0.